The third-order valence-electron chi connectivity index (χ3n) is 3.37. The summed E-state index contributed by atoms with van der Waals surface area (Å²) in [6, 6.07) is 2.41. The van der Waals surface area contributed by atoms with Gasteiger partial charge >= 0.3 is 0 Å². The van der Waals surface area contributed by atoms with Gasteiger partial charge in [-0.3, -0.25) is 0 Å². The van der Waals surface area contributed by atoms with Crippen LogP contribution in [0.3, 0.4) is 0 Å². The standard InChI is InChI=1S/C11H19N/c1-3-10-6-5-9(8-12)7-11(10)4-2/h9-11H,3-7H2,1-2H3. The molecule has 1 nitrogen and oxygen atoms in total. The molecule has 68 valence electrons. The first-order valence-electron chi connectivity index (χ1n) is 5.21. The zero-order valence-corrected chi connectivity index (χ0v) is 8.21. The third kappa shape index (κ3) is 2.00. The molecule has 0 N–H and O–H groups in total. The van der Waals surface area contributed by atoms with Gasteiger partial charge in [-0.05, 0) is 31.1 Å². The van der Waals surface area contributed by atoms with E-state index >= 15 is 0 Å². The predicted octanol–water partition coefficient (Wildman–Crippen LogP) is 3.36. The summed E-state index contributed by atoms with van der Waals surface area (Å²) in [6.07, 6.45) is 6.15. The van der Waals surface area contributed by atoms with Gasteiger partial charge in [0.2, 0.25) is 0 Å². The fraction of sp³-hybridized carbons (Fsp3) is 0.909. The SMILES string of the molecule is CCC1CCC(C#N)CC1CC. The Hall–Kier alpha value is -0.510. The molecule has 1 aliphatic carbocycles. The van der Waals surface area contributed by atoms with Gasteiger partial charge in [0.25, 0.3) is 0 Å². The van der Waals surface area contributed by atoms with Crippen molar-refractivity contribution in [2.24, 2.45) is 17.8 Å². The normalized spacial score (nSPS) is 35.9. The quantitative estimate of drug-likeness (QED) is 0.615. The molecule has 0 aromatic rings. The van der Waals surface area contributed by atoms with Gasteiger partial charge in [-0.2, -0.15) is 5.26 Å². The lowest BCUT2D eigenvalue weighted by Gasteiger charge is -2.32. The molecule has 0 radical (unpaired) electrons. The molecular weight excluding hydrogens is 146 g/mol. The Labute approximate surface area is 75.8 Å². The topological polar surface area (TPSA) is 23.8 Å². The highest BCUT2D eigenvalue weighted by Gasteiger charge is 2.27. The molecule has 0 heterocycles. The van der Waals surface area contributed by atoms with E-state index < -0.39 is 0 Å². The molecule has 0 aromatic heterocycles. The van der Waals surface area contributed by atoms with E-state index in [1.165, 1.54) is 19.3 Å². The second-order valence-electron chi connectivity index (χ2n) is 3.98. The molecule has 0 bridgehead atoms. The van der Waals surface area contributed by atoms with Crippen LogP contribution in [0.2, 0.25) is 0 Å². The Morgan fingerprint density at radius 2 is 1.83 bits per heavy atom. The number of hydrogen-bond donors (Lipinski definition) is 0. The van der Waals surface area contributed by atoms with Gasteiger partial charge in [-0.25, -0.2) is 0 Å². The zero-order valence-electron chi connectivity index (χ0n) is 8.21. The van der Waals surface area contributed by atoms with Crippen molar-refractivity contribution in [2.45, 2.75) is 46.0 Å². The van der Waals surface area contributed by atoms with E-state index in [1.54, 1.807) is 0 Å². The second-order valence-corrected chi connectivity index (χ2v) is 3.98. The molecule has 12 heavy (non-hydrogen) atoms. The Balaban J connectivity index is 2.48. The average Bonchev–Trinajstić information content (AvgIpc) is 2.16. The lowest BCUT2D eigenvalue weighted by atomic mass is 9.72. The van der Waals surface area contributed by atoms with Crippen molar-refractivity contribution in [3.8, 4) is 6.07 Å². The van der Waals surface area contributed by atoms with Crippen molar-refractivity contribution >= 4 is 0 Å². The van der Waals surface area contributed by atoms with Crippen LogP contribution in [0.4, 0.5) is 0 Å². The van der Waals surface area contributed by atoms with Crippen molar-refractivity contribution in [1.29, 1.82) is 5.26 Å². The van der Waals surface area contributed by atoms with Crippen LogP contribution in [0.5, 0.6) is 0 Å². The molecule has 1 saturated carbocycles. The fourth-order valence-electron chi connectivity index (χ4n) is 2.48. The molecule has 1 aliphatic rings. The summed E-state index contributed by atoms with van der Waals surface area (Å²) in [7, 11) is 0. The highest BCUT2D eigenvalue weighted by atomic mass is 14.4. The van der Waals surface area contributed by atoms with Gasteiger partial charge < -0.3 is 0 Å². The molecule has 0 aromatic carbocycles. The number of nitriles is 1. The summed E-state index contributed by atoms with van der Waals surface area (Å²) < 4.78 is 0. The minimum absolute atomic E-state index is 0.359. The van der Waals surface area contributed by atoms with Gasteiger partial charge in [0.1, 0.15) is 0 Å². The van der Waals surface area contributed by atoms with Crippen molar-refractivity contribution in [3.63, 3.8) is 0 Å². The van der Waals surface area contributed by atoms with E-state index in [0.29, 0.717) is 5.92 Å². The van der Waals surface area contributed by atoms with Crippen LogP contribution in [0.15, 0.2) is 0 Å². The van der Waals surface area contributed by atoms with E-state index in [9.17, 15) is 0 Å². The Bertz CT molecular complexity index is 168. The van der Waals surface area contributed by atoms with Crippen molar-refractivity contribution in [1.82, 2.24) is 0 Å². The van der Waals surface area contributed by atoms with Gasteiger partial charge in [-0.1, -0.05) is 26.7 Å². The van der Waals surface area contributed by atoms with E-state index in [1.807, 2.05) is 0 Å². The molecule has 0 amide bonds. The summed E-state index contributed by atoms with van der Waals surface area (Å²) in [4.78, 5) is 0. The lowest BCUT2D eigenvalue weighted by molar-refractivity contribution is 0.195. The summed E-state index contributed by atoms with van der Waals surface area (Å²) in [6.45, 7) is 4.53. The molecule has 0 saturated heterocycles. The van der Waals surface area contributed by atoms with E-state index in [0.717, 1.165) is 24.7 Å². The smallest absolute Gasteiger partial charge is 0.0655 e. The van der Waals surface area contributed by atoms with Crippen molar-refractivity contribution in [3.05, 3.63) is 0 Å². The largest absolute Gasteiger partial charge is 0.198 e. The Morgan fingerprint density at radius 1 is 1.17 bits per heavy atom. The van der Waals surface area contributed by atoms with Crippen LogP contribution in [0.25, 0.3) is 0 Å². The number of hydrogen-bond acceptors (Lipinski definition) is 1. The highest BCUT2D eigenvalue weighted by molar-refractivity contribution is 4.90. The minimum Gasteiger partial charge on any atom is -0.198 e. The minimum atomic E-state index is 0.359. The number of nitrogens with zero attached hydrogens (tertiary/aromatic N) is 1. The fourth-order valence-corrected chi connectivity index (χ4v) is 2.48. The molecule has 1 heteroatoms. The van der Waals surface area contributed by atoms with Crippen molar-refractivity contribution in [2.75, 3.05) is 0 Å². The summed E-state index contributed by atoms with van der Waals surface area (Å²) in [5, 5.41) is 8.81. The van der Waals surface area contributed by atoms with E-state index in [2.05, 4.69) is 19.9 Å². The highest BCUT2D eigenvalue weighted by Crippen LogP contribution is 2.37. The van der Waals surface area contributed by atoms with Crippen LogP contribution >= 0.6 is 0 Å². The monoisotopic (exact) mass is 165 g/mol. The molecule has 1 fully saturated rings. The van der Waals surface area contributed by atoms with Gasteiger partial charge in [-0.15, -0.1) is 0 Å². The molecular formula is C11H19N. The zero-order chi connectivity index (χ0) is 8.97. The summed E-state index contributed by atoms with van der Waals surface area (Å²) >= 11 is 0. The van der Waals surface area contributed by atoms with Gasteiger partial charge in [0.15, 0.2) is 0 Å². The molecule has 3 unspecified atom stereocenters. The summed E-state index contributed by atoms with van der Waals surface area (Å²) in [5.41, 5.74) is 0. The van der Waals surface area contributed by atoms with E-state index in [-0.39, 0.29) is 0 Å². The molecule has 3 atom stereocenters. The van der Waals surface area contributed by atoms with Crippen LogP contribution in [-0.2, 0) is 0 Å². The van der Waals surface area contributed by atoms with Crippen LogP contribution in [0, 0.1) is 29.1 Å². The summed E-state index contributed by atoms with van der Waals surface area (Å²) in [5.74, 6) is 2.09. The maximum absolute atomic E-state index is 8.81. The Kier molecular flexibility index (Phi) is 3.59. The first kappa shape index (κ1) is 9.58. The molecule has 1 rings (SSSR count). The van der Waals surface area contributed by atoms with Gasteiger partial charge in [0.05, 0.1) is 6.07 Å². The first-order valence-corrected chi connectivity index (χ1v) is 5.21. The molecule has 0 spiro atoms. The lowest BCUT2D eigenvalue weighted by Crippen LogP contribution is -2.23. The Morgan fingerprint density at radius 3 is 2.33 bits per heavy atom. The number of rotatable bonds is 2. The maximum atomic E-state index is 8.81. The van der Waals surface area contributed by atoms with E-state index in [4.69, 9.17) is 5.26 Å². The average molecular weight is 165 g/mol. The maximum Gasteiger partial charge on any atom is 0.0655 e. The predicted molar refractivity (Wildman–Crippen MR) is 50.5 cm³/mol. The van der Waals surface area contributed by atoms with Crippen LogP contribution < -0.4 is 0 Å². The van der Waals surface area contributed by atoms with Crippen molar-refractivity contribution < 1.29 is 0 Å². The third-order valence-corrected chi connectivity index (χ3v) is 3.37. The first-order chi connectivity index (χ1) is 5.81. The second kappa shape index (κ2) is 4.50. The van der Waals surface area contributed by atoms with Gasteiger partial charge in [0, 0.05) is 5.92 Å². The molecule has 0 aliphatic heterocycles. The van der Waals surface area contributed by atoms with Crippen LogP contribution in [0.1, 0.15) is 46.0 Å². The van der Waals surface area contributed by atoms with Crippen LogP contribution in [-0.4, -0.2) is 0 Å².